The van der Waals surface area contributed by atoms with E-state index in [0.29, 0.717) is 6.10 Å². The van der Waals surface area contributed by atoms with Crippen LogP contribution in [0.15, 0.2) is 18.2 Å². The predicted molar refractivity (Wildman–Crippen MR) is 69.4 cm³/mol. The molecule has 94 valence electrons. The molecule has 2 nitrogen and oxygen atoms in total. The molecule has 0 amide bonds. The van der Waals surface area contributed by atoms with Crippen LogP contribution in [0.4, 0.5) is 0 Å². The zero-order valence-corrected chi connectivity index (χ0v) is 10.9. The summed E-state index contributed by atoms with van der Waals surface area (Å²) in [6.07, 6.45) is 3.91. The fourth-order valence-corrected chi connectivity index (χ4v) is 2.38. The van der Waals surface area contributed by atoms with Crippen molar-refractivity contribution in [3.05, 3.63) is 34.3 Å². The summed E-state index contributed by atoms with van der Waals surface area (Å²) in [6.45, 7) is 2.83. The second-order valence-corrected chi connectivity index (χ2v) is 5.14. The van der Waals surface area contributed by atoms with Crippen molar-refractivity contribution in [3.8, 4) is 0 Å². The lowest BCUT2D eigenvalue weighted by Gasteiger charge is -2.15. The molecule has 1 heterocycles. The van der Waals surface area contributed by atoms with E-state index in [0.717, 1.165) is 48.4 Å². The van der Waals surface area contributed by atoms with Crippen molar-refractivity contribution in [3.63, 3.8) is 0 Å². The third-order valence-corrected chi connectivity index (χ3v) is 3.78. The number of hydrogen-bond acceptors (Lipinski definition) is 2. The van der Waals surface area contributed by atoms with Gasteiger partial charge in [-0.15, -0.1) is 0 Å². The Labute approximate surface area is 108 Å². The molecule has 0 radical (unpaired) electrons. The number of aliphatic hydroxyl groups is 1. The molecule has 0 saturated carbocycles. The highest BCUT2D eigenvalue weighted by Gasteiger charge is 2.17. The number of aryl methyl sites for hydroxylation is 1. The van der Waals surface area contributed by atoms with Gasteiger partial charge in [0, 0.05) is 11.6 Å². The summed E-state index contributed by atoms with van der Waals surface area (Å²) in [5.74, 6) is 0. The molecule has 2 atom stereocenters. The summed E-state index contributed by atoms with van der Waals surface area (Å²) < 4.78 is 5.55. The van der Waals surface area contributed by atoms with Crippen molar-refractivity contribution in [2.24, 2.45) is 0 Å². The van der Waals surface area contributed by atoms with E-state index in [1.165, 1.54) is 0 Å². The molecular weight excluding hydrogens is 236 g/mol. The third-order valence-electron chi connectivity index (χ3n) is 3.35. The van der Waals surface area contributed by atoms with Crippen LogP contribution in [-0.2, 0) is 4.74 Å². The van der Waals surface area contributed by atoms with Crippen LogP contribution >= 0.6 is 11.6 Å². The number of halogens is 1. The largest absolute Gasteiger partial charge is 0.388 e. The van der Waals surface area contributed by atoms with E-state index in [2.05, 4.69) is 0 Å². The first-order chi connectivity index (χ1) is 8.16. The van der Waals surface area contributed by atoms with E-state index < -0.39 is 6.10 Å². The first-order valence-corrected chi connectivity index (χ1v) is 6.60. The fraction of sp³-hybridized carbons (Fsp3) is 0.571. The minimum Gasteiger partial charge on any atom is -0.388 e. The topological polar surface area (TPSA) is 29.5 Å². The molecule has 1 aliphatic rings. The molecule has 0 spiro atoms. The van der Waals surface area contributed by atoms with Gasteiger partial charge in [-0.2, -0.15) is 0 Å². The molecule has 1 aliphatic heterocycles. The van der Waals surface area contributed by atoms with Crippen LogP contribution in [-0.4, -0.2) is 17.8 Å². The molecule has 3 heteroatoms. The average Bonchev–Trinajstić information content (AvgIpc) is 2.82. The van der Waals surface area contributed by atoms with Gasteiger partial charge in [0.05, 0.1) is 12.2 Å². The van der Waals surface area contributed by atoms with Crippen LogP contribution in [0.25, 0.3) is 0 Å². The van der Waals surface area contributed by atoms with Crippen LogP contribution in [0.5, 0.6) is 0 Å². The normalized spacial score (nSPS) is 21.7. The van der Waals surface area contributed by atoms with Gasteiger partial charge in [-0.25, -0.2) is 0 Å². The lowest BCUT2D eigenvalue weighted by Crippen LogP contribution is -2.08. The molecule has 0 aliphatic carbocycles. The molecule has 17 heavy (non-hydrogen) atoms. The van der Waals surface area contributed by atoms with Crippen molar-refractivity contribution >= 4 is 11.6 Å². The Morgan fingerprint density at radius 2 is 2.35 bits per heavy atom. The van der Waals surface area contributed by atoms with Gasteiger partial charge in [0.25, 0.3) is 0 Å². The average molecular weight is 255 g/mol. The predicted octanol–water partition coefficient (Wildman–Crippen LogP) is 3.64. The molecule has 2 unspecified atom stereocenters. The molecular formula is C14H19ClO2. The Kier molecular flexibility index (Phi) is 4.43. The maximum Gasteiger partial charge on any atom is 0.0791 e. The number of hydrogen-bond donors (Lipinski definition) is 1. The highest BCUT2D eigenvalue weighted by Crippen LogP contribution is 2.26. The van der Waals surface area contributed by atoms with Crippen LogP contribution < -0.4 is 0 Å². The van der Waals surface area contributed by atoms with Crippen molar-refractivity contribution < 1.29 is 9.84 Å². The van der Waals surface area contributed by atoms with E-state index >= 15 is 0 Å². The number of benzene rings is 1. The Hall–Kier alpha value is -0.570. The van der Waals surface area contributed by atoms with E-state index in [-0.39, 0.29) is 0 Å². The number of aliphatic hydroxyl groups excluding tert-OH is 1. The van der Waals surface area contributed by atoms with E-state index in [1.54, 1.807) is 0 Å². The minimum absolute atomic E-state index is 0.345. The Balaban J connectivity index is 1.89. The van der Waals surface area contributed by atoms with Gasteiger partial charge in [-0.1, -0.05) is 23.7 Å². The molecule has 1 saturated heterocycles. The van der Waals surface area contributed by atoms with Gasteiger partial charge >= 0.3 is 0 Å². The fourth-order valence-electron chi connectivity index (χ4n) is 2.26. The summed E-state index contributed by atoms with van der Waals surface area (Å²) >= 11 is 5.96. The Morgan fingerprint density at radius 3 is 3.00 bits per heavy atom. The molecule has 2 rings (SSSR count). The monoisotopic (exact) mass is 254 g/mol. The smallest absolute Gasteiger partial charge is 0.0791 e. The van der Waals surface area contributed by atoms with Crippen molar-refractivity contribution in [1.82, 2.24) is 0 Å². The molecule has 1 fully saturated rings. The van der Waals surface area contributed by atoms with Crippen LogP contribution in [0, 0.1) is 6.92 Å². The molecule has 0 aromatic heterocycles. The highest BCUT2D eigenvalue weighted by atomic mass is 35.5. The summed E-state index contributed by atoms with van der Waals surface area (Å²) in [4.78, 5) is 0. The van der Waals surface area contributed by atoms with Crippen LogP contribution in [0.1, 0.15) is 42.9 Å². The van der Waals surface area contributed by atoms with Gasteiger partial charge in [-0.05, 0) is 49.8 Å². The molecule has 1 N–H and O–H groups in total. The van der Waals surface area contributed by atoms with E-state index in [9.17, 15) is 5.11 Å². The van der Waals surface area contributed by atoms with Gasteiger partial charge in [0.2, 0.25) is 0 Å². The van der Waals surface area contributed by atoms with Crippen molar-refractivity contribution in [1.29, 1.82) is 0 Å². The quantitative estimate of drug-likeness (QED) is 0.889. The minimum atomic E-state index is -0.407. The van der Waals surface area contributed by atoms with E-state index in [4.69, 9.17) is 16.3 Å². The summed E-state index contributed by atoms with van der Waals surface area (Å²) in [6, 6.07) is 5.71. The van der Waals surface area contributed by atoms with E-state index in [1.807, 2.05) is 25.1 Å². The van der Waals surface area contributed by atoms with Crippen LogP contribution in [0.2, 0.25) is 5.02 Å². The lowest BCUT2D eigenvalue weighted by atomic mass is 10.0. The van der Waals surface area contributed by atoms with Gasteiger partial charge in [0.15, 0.2) is 0 Å². The zero-order chi connectivity index (χ0) is 12.3. The first kappa shape index (κ1) is 12.9. The maximum absolute atomic E-state index is 10.1. The summed E-state index contributed by atoms with van der Waals surface area (Å²) in [5.41, 5.74) is 1.96. The second kappa shape index (κ2) is 5.85. The van der Waals surface area contributed by atoms with Gasteiger partial charge in [0.1, 0.15) is 0 Å². The van der Waals surface area contributed by atoms with Gasteiger partial charge < -0.3 is 9.84 Å². The van der Waals surface area contributed by atoms with Crippen molar-refractivity contribution in [2.75, 3.05) is 6.61 Å². The molecule has 1 aromatic carbocycles. The summed E-state index contributed by atoms with van der Waals surface area (Å²) in [5, 5.41) is 10.8. The second-order valence-electron chi connectivity index (χ2n) is 4.74. The standard InChI is InChI=1S/C14H19ClO2/c1-10-9-11(4-6-13(10)15)14(16)7-5-12-3-2-8-17-12/h4,6,9,12,14,16H,2-3,5,7-8H2,1H3. The number of ether oxygens (including phenoxy) is 1. The first-order valence-electron chi connectivity index (χ1n) is 6.22. The highest BCUT2D eigenvalue weighted by molar-refractivity contribution is 6.31. The number of rotatable bonds is 4. The SMILES string of the molecule is Cc1cc(C(O)CCC2CCCO2)ccc1Cl. The van der Waals surface area contributed by atoms with Gasteiger partial charge in [-0.3, -0.25) is 0 Å². The Morgan fingerprint density at radius 1 is 1.53 bits per heavy atom. The maximum atomic E-state index is 10.1. The zero-order valence-electron chi connectivity index (χ0n) is 10.2. The Bertz CT molecular complexity index is 372. The lowest BCUT2D eigenvalue weighted by molar-refractivity contribution is 0.0812. The van der Waals surface area contributed by atoms with Crippen LogP contribution in [0.3, 0.4) is 0 Å². The third kappa shape index (κ3) is 3.44. The van der Waals surface area contributed by atoms with Crippen molar-refractivity contribution in [2.45, 2.75) is 44.8 Å². The molecule has 1 aromatic rings. The molecule has 0 bridgehead atoms. The summed E-state index contributed by atoms with van der Waals surface area (Å²) in [7, 11) is 0.